The zero-order chi connectivity index (χ0) is 30.7. The fourth-order valence-electron chi connectivity index (χ4n) is 4.88. The summed E-state index contributed by atoms with van der Waals surface area (Å²) in [5.41, 5.74) is 4.22. The van der Waals surface area contributed by atoms with E-state index in [0.717, 1.165) is 35.1 Å². The molecule has 0 saturated heterocycles. The number of amides is 2. The maximum absolute atomic E-state index is 13.9. The molecule has 1 atom stereocenters. The minimum absolute atomic E-state index is 0.0744. The zero-order valence-corrected chi connectivity index (χ0v) is 26.5. The smallest absolute Gasteiger partial charge is 0.243 e. The fraction of sp³-hybridized carbons (Fsp3) is 0.394. The summed E-state index contributed by atoms with van der Waals surface area (Å²) in [6.45, 7) is 6.76. The van der Waals surface area contributed by atoms with Crippen molar-refractivity contribution >= 4 is 39.1 Å². The van der Waals surface area contributed by atoms with E-state index in [1.165, 1.54) is 10.6 Å². The third kappa shape index (κ3) is 9.60. The van der Waals surface area contributed by atoms with Crippen molar-refractivity contribution in [2.45, 2.75) is 65.5 Å². The molecule has 42 heavy (non-hydrogen) atoms. The van der Waals surface area contributed by atoms with Gasteiger partial charge in [0.2, 0.25) is 21.8 Å². The van der Waals surface area contributed by atoms with E-state index in [4.69, 9.17) is 11.6 Å². The first kappa shape index (κ1) is 33.1. The Morgan fingerprint density at radius 2 is 1.62 bits per heavy atom. The van der Waals surface area contributed by atoms with Crippen molar-refractivity contribution in [3.8, 4) is 0 Å². The lowest BCUT2D eigenvalue weighted by Crippen LogP contribution is -2.50. The predicted molar refractivity (Wildman–Crippen MR) is 171 cm³/mol. The molecular weight excluding hydrogens is 570 g/mol. The van der Waals surface area contributed by atoms with Gasteiger partial charge in [0.25, 0.3) is 0 Å². The van der Waals surface area contributed by atoms with Crippen LogP contribution >= 0.6 is 11.6 Å². The van der Waals surface area contributed by atoms with Crippen LogP contribution in [0.4, 0.5) is 5.69 Å². The van der Waals surface area contributed by atoms with E-state index >= 15 is 0 Å². The Morgan fingerprint density at radius 3 is 2.29 bits per heavy atom. The number of carbonyl (C=O) groups excluding carboxylic acids is 2. The van der Waals surface area contributed by atoms with Crippen LogP contribution in [0, 0.1) is 13.8 Å². The van der Waals surface area contributed by atoms with Crippen molar-refractivity contribution in [1.82, 2.24) is 10.2 Å². The molecule has 3 aromatic carbocycles. The second-order valence-corrected chi connectivity index (χ2v) is 13.0. The first-order chi connectivity index (χ1) is 20.0. The minimum Gasteiger partial charge on any atom is -0.354 e. The number of hydrogen-bond donors (Lipinski definition) is 1. The number of carbonyl (C=O) groups is 2. The standard InChI is InChI=1S/C33H42ClN3O4S/c1-5-6-20-35-33(39)31(23-27-14-8-7-9-15-27)36(24-28-16-11-17-29(34)22-28)32(38)19-12-21-37(42(4,40)41)30-18-10-13-25(2)26(30)3/h7-11,13-18,22,31H,5-6,12,19-21,23-24H2,1-4H3,(H,35,39). The fourth-order valence-corrected chi connectivity index (χ4v) is 6.11. The van der Waals surface area contributed by atoms with Gasteiger partial charge < -0.3 is 10.2 Å². The van der Waals surface area contributed by atoms with Gasteiger partial charge in [-0.1, -0.05) is 79.5 Å². The van der Waals surface area contributed by atoms with Crippen LogP contribution in [0.2, 0.25) is 5.02 Å². The highest BCUT2D eigenvalue weighted by Crippen LogP contribution is 2.26. The van der Waals surface area contributed by atoms with Gasteiger partial charge in [-0.05, 0) is 67.1 Å². The highest BCUT2D eigenvalue weighted by atomic mass is 35.5. The van der Waals surface area contributed by atoms with Crippen molar-refractivity contribution in [3.05, 3.63) is 100 Å². The Labute approximate surface area is 255 Å². The molecule has 226 valence electrons. The monoisotopic (exact) mass is 611 g/mol. The quantitative estimate of drug-likeness (QED) is 0.212. The van der Waals surface area contributed by atoms with Crippen molar-refractivity contribution in [2.24, 2.45) is 0 Å². The largest absolute Gasteiger partial charge is 0.354 e. The number of unbranched alkanes of at least 4 members (excludes halogenated alkanes) is 1. The molecule has 0 heterocycles. The Bertz CT molecular complexity index is 1450. The van der Waals surface area contributed by atoms with E-state index in [1.54, 1.807) is 23.1 Å². The molecule has 0 saturated carbocycles. The van der Waals surface area contributed by atoms with Gasteiger partial charge in [0.15, 0.2) is 0 Å². The predicted octanol–water partition coefficient (Wildman–Crippen LogP) is 6.06. The van der Waals surface area contributed by atoms with Gasteiger partial charge in [-0.2, -0.15) is 0 Å². The van der Waals surface area contributed by atoms with Gasteiger partial charge in [-0.15, -0.1) is 0 Å². The van der Waals surface area contributed by atoms with Crippen molar-refractivity contribution in [3.63, 3.8) is 0 Å². The molecule has 3 aromatic rings. The van der Waals surface area contributed by atoms with Crippen molar-refractivity contribution < 1.29 is 18.0 Å². The van der Waals surface area contributed by atoms with Gasteiger partial charge >= 0.3 is 0 Å². The van der Waals surface area contributed by atoms with Crippen molar-refractivity contribution in [2.75, 3.05) is 23.7 Å². The summed E-state index contributed by atoms with van der Waals surface area (Å²) in [6.07, 6.45) is 3.67. The molecule has 0 fully saturated rings. The second kappa shape index (κ2) is 15.8. The molecular formula is C33H42ClN3O4S. The average molecular weight is 612 g/mol. The summed E-state index contributed by atoms with van der Waals surface area (Å²) in [7, 11) is -3.58. The summed E-state index contributed by atoms with van der Waals surface area (Å²) in [5, 5.41) is 3.56. The summed E-state index contributed by atoms with van der Waals surface area (Å²) in [4.78, 5) is 29.1. The second-order valence-electron chi connectivity index (χ2n) is 10.7. The molecule has 0 aromatic heterocycles. The summed E-state index contributed by atoms with van der Waals surface area (Å²) in [5.74, 6) is -0.438. The average Bonchev–Trinajstić information content (AvgIpc) is 2.94. The topological polar surface area (TPSA) is 86.8 Å². The van der Waals surface area contributed by atoms with Gasteiger partial charge in [-0.3, -0.25) is 13.9 Å². The number of sulfonamides is 1. The Balaban J connectivity index is 1.89. The van der Waals surface area contributed by atoms with E-state index in [2.05, 4.69) is 12.2 Å². The normalized spacial score (nSPS) is 12.0. The number of aryl methyl sites for hydroxylation is 1. The maximum Gasteiger partial charge on any atom is 0.243 e. The lowest BCUT2D eigenvalue weighted by Gasteiger charge is -2.32. The van der Waals surface area contributed by atoms with Crippen LogP contribution in [0.3, 0.4) is 0 Å². The summed E-state index contributed by atoms with van der Waals surface area (Å²) in [6, 6.07) is 21.7. The van der Waals surface area contributed by atoms with Crippen LogP contribution in [0.5, 0.6) is 0 Å². The highest BCUT2D eigenvalue weighted by molar-refractivity contribution is 7.92. The molecule has 9 heteroatoms. The lowest BCUT2D eigenvalue weighted by molar-refractivity contribution is -0.141. The van der Waals surface area contributed by atoms with E-state index in [-0.39, 0.29) is 31.3 Å². The molecule has 1 unspecified atom stereocenters. The summed E-state index contributed by atoms with van der Waals surface area (Å²) < 4.78 is 26.9. The number of halogens is 1. The van der Waals surface area contributed by atoms with E-state index in [1.807, 2.05) is 68.4 Å². The molecule has 0 aliphatic heterocycles. The molecule has 0 spiro atoms. The molecule has 1 N–H and O–H groups in total. The van der Waals surface area contributed by atoms with E-state index in [9.17, 15) is 18.0 Å². The Morgan fingerprint density at radius 1 is 0.929 bits per heavy atom. The Kier molecular flexibility index (Phi) is 12.4. The number of hydrogen-bond acceptors (Lipinski definition) is 4. The number of nitrogens with zero attached hydrogens (tertiary/aromatic N) is 2. The minimum atomic E-state index is -3.58. The van der Waals surface area contributed by atoms with Gasteiger partial charge in [0, 0.05) is 37.5 Å². The van der Waals surface area contributed by atoms with Crippen LogP contribution < -0.4 is 9.62 Å². The first-order valence-electron chi connectivity index (χ1n) is 14.4. The van der Waals surface area contributed by atoms with Crippen molar-refractivity contribution in [1.29, 1.82) is 0 Å². The molecule has 7 nitrogen and oxygen atoms in total. The number of benzene rings is 3. The maximum atomic E-state index is 13.9. The third-order valence-corrected chi connectivity index (χ3v) is 8.75. The van der Waals surface area contributed by atoms with E-state index in [0.29, 0.717) is 30.1 Å². The molecule has 0 radical (unpaired) electrons. The van der Waals surface area contributed by atoms with E-state index < -0.39 is 16.1 Å². The molecule has 2 amide bonds. The third-order valence-electron chi connectivity index (χ3n) is 7.34. The van der Waals surface area contributed by atoms with Crippen LogP contribution in [0.1, 0.15) is 54.9 Å². The highest BCUT2D eigenvalue weighted by Gasteiger charge is 2.30. The van der Waals surface area contributed by atoms with Gasteiger partial charge in [-0.25, -0.2) is 8.42 Å². The number of nitrogens with one attached hydrogen (secondary N) is 1. The van der Waals surface area contributed by atoms with Crippen LogP contribution in [0.25, 0.3) is 0 Å². The summed E-state index contributed by atoms with van der Waals surface area (Å²) >= 11 is 6.26. The SMILES string of the molecule is CCCCNC(=O)C(Cc1ccccc1)N(Cc1cccc(Cl)c1)C(=O)CCCN(c1cccc(C)c1C)S(C)(=O)=O. The first-order valence-corrected chi connectivity index (χ1v) is 16.6. The van der Waals surface area contributed by atoms with Crippen LogP contribution in [-0.2, 0) is 32.6 Å². The zero-order valence-electron chi connectivity index (χ0n) is 25.0. The van der Waals surface area contributed by atoms with Crippen LogP contribution in [0.15, 0.2) is 72.8 Å². The number of anilines is 1. The Hall–Kier alpha value is -3.36. The van der Waals surface area contributed by atoms with Crippen LogP contribution in [-0.4, -0.2) is 50.5 Å². The molecule has 3 rings (SSSR count). The lowest BCUT2D eigenvalue weighted by atomic mass is 10.0. The molecule has 0 aliphatic carbocycles. The van der Waals surface area contributed by atoms with Gasteiger partial charge in [0.1, 0.15) is 6.04 Å². The van der Waals surface area contributed by atoms with Gasteiger partial charge in [0.05, 0.1) is 11.9 Å². The molecule has 0 aliphatic rings. The molecule has 0 bridgehead atoms. The number of rotatable bonds is 15.